The van der Waals surface area contributed by atoms with Crippen molar-refractivity contribution in [1.29, 1.82) is 0 Å². The first-order valence-corrected chi connectivity index (χ1v) is 19.0. The summed E-state index contributed by atoms with van der Waals surface area (Å²) >= 11 is 0. The van der Waals surface area contributed by atoms with Crippen molar-refractivity contribution in [2.75, 3.05) is 13.2 Å². The van der Waals surface area contributed by atoms with Crippen molar-refractivity contribution in [2.24, 2.45) is 29.2 Å². The second-order valence-electron chi connectivity index (χ2n) is 15.1. The molecule has 8 unspecified atom stereocenters. The Morgan fingerprint density at radius 1 is 0.804 bits per heavy atom. The highest BCUT2D eigenvalue weighted by Gasteiger charge is 2.41. The SMILES string of the molecule is CCC(C)C(NC(=O)C1CCCN1C(=O)C(Cc1ccccc1)NC(=O)C(CC(N)=O)NC(=O)C(CC(C)C)NC(=O)C(N)CO)C(=O)NC(C(=O)O)C(C)C. The predicted molar refractivity (Wildman–Crippen MR) is 205 cm³/mol. The second-order valence-corrected chi connectivity index (χ2v) is 15.1. The monoisotopic (exact) mass is 788 g/mol. The number of aliphatic hydroxyl groups is 1. The van der Waals surface area contributed by atoms with Crippen molar-refractivity contribution in [3.05, 3.63) is 35.9 Å². The fourth-order valence-electron chi connectivity index (χ4n) is 6.28. The Bertz CT molecular complexity index is 1540. The van der Waals surface area contributed by atoms with E-state index in [-0.39, 0.29) is 31.7 Å². The third-order valence-corrected chi connectivity index (χ3v) is 9.67. The first-order chi connectivity index (χ1) is 26.3. The van der Waals surface area contributed by atoms with Crippen LogP contribution in [0.1, 0.15) is 79.2 Å². The number of nitrogens with two attached hydrogens (primary N) is 2. The molecule has 1 heterocycles. The van der Waals surface area contributed by atoms with Crippen molar-refractivity contribution < 1.29 is 48.6 Å². The number of amides is 7. The number of hydrogen-bond acceptors (Lipinski definition) is 10. The number of aliphatic hydroxyl groups excluding tert-OH is 1. The molecule has 7 amide bonds. The van der Waals surface area contributed by atoms with Gasteiger partial charge in [-0.2, -0.15) is 0 Å². The Hall–Kier alpha value is -5.10. The number of carbonyl (C=O) groups excluding carboxylic acids is 7. The van der Waals surface area contributed by atoms with Crippen LogP contribution in [0.15, 0.2) is 30.3 Å². The van der Waals surface area contributed by atoms with Gasteiger partial charge in [-0.15, -0.1) is 0 Å². The molecule has 11 N–H and O–H groups in total. The van der Waals surface area contributed by atoms with E-state index >= 15 is 0 Å². The van der Waals surface area contributed by atoms with E-state index in [0.717, 1.165) is 0 Å². The van der Waals surface area contributed by atoms with E-state index in [0.29, 0.717) is 18.4 Å². The number of carbonyl (C=O) groups is 8. The highest BCUT2D eigenvalue weighted by atomic mass is 16.4. The van der Waals surface area contributed by atoms with Gasteiger partial charge < -0.3 is 53.2 Å². The predicted octanol–water partition coefficient (Wildman–Crippen LogP) is -1.33. The van der Waals surface area contributed by atoms with Crippen molar-refractivity contribution >= 4 is 47.3 Å². The summed E-state index contributed by atoms with van der Waals surface area (Å²) < 4.78 is 0. The van der Waals surface area contributed by atoms with Gasteiger partial charge in [0.05, 0.1) is 13.0 Å². The van der Waals surface area contributed by atoms with Gasteiger partial charge in [0, 0.05) is 13.0 Å². The summed E-state index contributed by atoms with van der Waals surface area (Å²) in [6.45, 7) is 9.89. The number of carboxylic acids is 1. The minimum Gasteiger partial charge on any atom is -0.480 e. The third kappa shape index (κ3) is 14.2. The van der Waals surface area contributed by atoms with Crippen molar-refractivity contribution in [3.8, 4) is 0 Å². The van der Waals surface area contributed by atoms with Gasteiger partial charge in [0.15, 0.2) is 0 Å². The maximum absolute atomic E-state index is 14.3. The van der Waals surface area contributed by atoms with Gasteiger partial charge in [-0.25, -0.2) is 4.79 Å². The average Bonchev–Trinajstić information content (AvgIpc) is 3.64. The number of hydrogen-bond donors (Lipinski definition) is 9. The van der Waals surface area contributed by atoms with Gasteiger partial charge in [0.1, 0.15) is 42.3 Å². The number of aliphatic carboxylic acids is 1. The Morgan fingerprint density at radius 3 is 1.93 bits per heavy atom. The number of nitrogens with one attached hydrogen (secondary N) is 5. The Labute approximate surface area is 327 Å². The zero-order valence-corrected chi connectivity index (χ0v) is 33.1. The molecule has 0 aliphatic carbocycles. The van der Waals surface area contributed by atoms with Crippen molar-refractivity contribution in [2.45, 2.75) is 122 Å². The topological polar surface area (TPSA) is 292 Å². The fourth-order valence-corrected chi connectivity index (χ4v) is 6.28. The van der Waals surface area contributed by atoms with Crippen LogP contribution in [-0.4, -0.2) is 118 Å². The Balaban J connectivity index is 2.40. The molecule has 1 fully saturated rings. The Kier molecular flexibility index (Phi) is 18.9. The number of carboxylic acid groups (broad SMARTS) is 1. The summed E-state index contributed by atoms with van der Waals surface area (Å²) in [6.07, 6.45) is 0.558. The lowest BCUT2D eigenvalue weighted by Gasteiger charge is -2.32. The van der Waals surface area contributed by atoms with Crippen LogP contribution < -0.4 is 38.1 Å². The standard InChI is InChI=1S/C38H60N8O10/c1-7-22(6)31(36(53)44-30(21(4)5)38(55)56)45-35(52)28-14-11-15-46(28)37(54)27(17-23-12-9-8-10-13-23)43-34(51)26(18-29(40)48)42-33(50)25(16-20(2)3)41-32(49)24(39)19-47/h8-10,12-13,20-22,24-28,30-31,47H,7,11,14-19,39H2,1-6H3,(H2,40,48)(H,41,49)(H,42,50)(H,43,51)(H,44,53)(H,45,52)(H,55,56). The molecule has 1 aliphatic heterocycles. The minimum atomic E-state index is -1.57. The molecular weight excluding hydrogens is 728 g/mol. The maximum atomic E-state index is 14.3. The van der Waals surface area contributed by atoms with E-state index in [1.54, 1.807) is 65.0 Å². The molecule has 0 bridgehead atoms. The van der Waals surface area contributed by atoms with Gasteiger partial charge in [-0.1, -0.05) is 78.3 Å². The van der Waals surface area contributed by atoms with E-state index in [1.807, 2.05) is 6.92 Å². The first-order valence-electron chi connectivity index (χ1n) is 19.0. The van der Waals surface area contributed by atoms with Crippen LogP contribution >= 0.6 is 0 Å². The minimum absolute atomic E-state index is 0.0394. The van der Waals surface area contributed by atoms with Crippen LogP contribution in [-0.2, 0) is 44.8 Å². The largest absolute Gasteiger partial charge is 0.480 e. The van der Waals surface area contributed by atoms with E-state index in [2.05, 4.69) is 26.6 Å². The average molecular weight is 789 g/mol. The van der Waals surface area contributed by atoms with Crippen LogP contribution in [0.5, 0.6) is 0 Å². The zero-order valence-electron chi connectivity index (χ0n) is 33.1. The molecule has 0 spiro atoms. The lowest BCUT2D eigenvalue weighted by atomic mass is 9.96. The highest BCUT2D eigenvalue weighted by Crippen LogP contribution is 2.21. The van der Waals surface area contributed by atoms with Crippen molar-refractivity contribution in [1.82, 2.24) is 31.5 Å². The number of nitrogens with zero attached hydrogens (tertiary/aromatic N) is 1. The molecule has 0 radical (unpaired) electrons. The molecule has 1 saturated heterocycles. The number of rotatable bonds is 22. The smallest absolute Gasteiger partial charge is 0.326 e. The summed E-state index contributed by atoms with van der Waals surface area (Å²) in [5.41, 5.74) is 11.7. The van der Waals surface area contributed by atoms with Crippen LogP contribution in [0.2, 0.25) is 0 Å². The second kappa shape index (κ2) is 22.5. The summed E-state index contributed by atoms with van der Waals surface area (Å²) in [4.78, 5) is 107. The van der Waals surface area contributed by atoms with Gasteiger partial charge in [-0.05, 0) is 42.6 Å². The molecule has 0 aromatic heterocycles. The third-order valence-electron chi connectivity index (χ3n) is 9.67. The maximum Gasteiger partial charge on any atom is 0.326 e. The lowest BCUT2D eigenvalue weighted by molar-refractivity contribution is -0.145. The van der Waals surface area contributed by atoms with Gasteiger partial charge in [-0.3, -0.25) is 33.6 Å². The van der Waals surface area contributed by atoms with E-state index in [1.165, 1.54) is 4.90 Å². The summed E-state index contributed by atoms with van der Waals surface area (Å²) in [6, 6.07) is -0.00268. The summed E-state index contributed by atoms with van der Waals surface area (Å²) in [5.74, 6) is -7.61. The molecule has 1 aromatic carbocycles. The molecule has 2 rings (SSSR count). The number of likely N-dealkylation sites (tertiary alicyclic amines) is 1. The van der Waals surface area contributed by atoms with Crippen LogP contribution in [0.4, 0.5) is 0 Å². The normalized spacial score (nSPS) is 17.8. The molecule has 56 heavy (non-hydrogen) atoms. The van der Waals surface area contributed by atoms with Crippen LogP contribution in [0.25, 0.3) is 0 Å². The summed E-state index contributed by atoms with van der Waals surface area (Å²) in [5, 5.41) is 31.7. The molecule has 18 heteroatoms. The molecule has 0 saturated carbocycles. The van der Waals surface area contributed by atoms with Gasteiger partial charge >= 0.3 is 5.97 Å². The van der Waals surface area contributed by atoms with Crippen molar-refractivity contribution in [3.63, 3.8) is 0 Å². The lowest BCUT2D eigenvalue weighted by Crippen LogP contribution is -2.61. The molecule has 8 atom stereocenters. The number of benzene rings is 1. The van der Waals surface area contributed by atoms with Gasteiger partial charge in [0.2, 0.25) is 41.4 Å². The first kappa shape index (κ1) is 47.1. The molecule has 1 aromatic rings. The van der Waals surface area contributed by atoms with E-state index in [9.17, 15) is 48.6 Å². The van der Waals surface area contributed by atoms with E-state index in [4.69, 9.17) is 11.5 Å². The molecular formula is C38H60N8O10. The van der Waals surface area contributed by atoms with Crippen LogP contribution in [0.3, 0.4) is 0 Å². The number of primary amides is 1. The highest BCUT2D eigenvalue weighted by molar-refractivity contribution is 5.98. The molecule has 18 nitrogen and oxygen atoms in total. The molecule has 1 aliphatic rings. The fraction of sp³-hybridized carbons (Fsp3) is 0.632. The van der Waals surface area contributed by atoms with E-state index < -0.39 is 114 Å². The Morgan fingerprint density at radius 2 is 1.39 bits per heavy atom. The van der Waals surface area contributed by atoms with Crippen LogP contribution in [0, 0.1) is 17.8 Å². The summed E-state index contributed by atoms with van der Waals surface area (Å²) in [7, 11) is 0. The quantitative estimate of drug-likeness (QED) is 0.0664. The van der Waals surface area contributed by atoms with Gasteiger partial charge in [0.25, 0.3) is 0 Å². The molecule has 312 valence electrons. The zero-order chi connectivity index (χ0) is 42.3.